The number of rotatable bonds is 8. The maximum Gasteiger partial charge on any atom is 0.262 e. The monoisotopic (exact) mass is 442 g/mol. The van der Waals surface area contributed by atoms with Crippen molar-refractivity contribution >= 4 is 40.0 Å². The summed E-state index contributed by atoms with van der Waals surface area (Å²) in [6.07, 6.45) is 0.866. The van der Waals surface area contributed by atoms with Crippen LogP contribution < -0.4 is 5.56 Å². The third-order valence-electron chi connectivity index (χ3n) is 4.72. The van der Waals surface area contributed by atoms with Crippen molar-refractivity contribution < 1.29 is 4.74 Å². The van der Waals surface area contributed by atoms with E-state index in [0.29, 0.717) is 35.8 Å². The molecule has 4 rings (SSSR count). The van der Waals surface area contributed by atoms with E-state index in [0.717, 1.165) is 16.4 Å². The molecule has 8 heteroatoms. The lowest BCUT2D eigenvalue weighted by atomic mass is 10.2. The van der Waals surface area contributed by atoms with Gasteiger partial charge in [0.05, 0.1) is 17.0 Å². The Morgan fingerprint density at radius 1 is 1.13 bits per heavy atom. The molecule has 2 aromatic carbocycles. The highest BCUT2D eigenvalue weighted by Crippen LogP contribution is 2.26. The molecule has 2 heterocycles. The summed E-state index contributed by atoms with van der Waals surface area (Å²) in [4.78, 5) is 13.2. The fourth-order valence-electron chi connectivity index (χ4n) is 3.32. The predicted octanol–water partition coefficient (Wildman–Crippen LogP) is 4.81. The Kier molecular flexibility index (Phi) is 6.41. The minimum atomic E-state index is -0.114. The molecule has 0 bridgehead atoms. The third-order valence-corrected chi connectivity index (χ3v) is 5.96. The van der Waals surface area contributed by atoms with E-state index in [1.807, 2.05) is 42.5 Å². The average Bonchev–Trinajstić information content (AvgIpc) is 3.16. The lowest BCUT2D eigenvalue weighted by Crippen LogP contribution is -2.24. The van der Waals surface area contributed by atoms with E-state index >= 15 is 0 Å². The third kappa shape index (κ3) is 4.38. The standard InChI is InChI=1S/C22H23ClN4O2S/c1-15(2)29-12-6-11-26-20(28)18-13-17(23)9-10-19(18)27-21(26)24-25-22(27)30-14-16-7-4-3-5-8-16/h3-5,7-10,13,15H,6,11-12,14H2,1-2H3. The van der Waals surface area contributed by atoms with Gasteiger partial charge in [-0.3, -0.25) is 13.8 Å². The number of nitrogens with zero attached hydrogens (tertiary/aromatic N) is 4. The summed E-state index contributed by atoms with van der Waals surface area (Å²) in [5, 5.41) is 10.6. The fourth-order valence-corrected chi connectivity index (χ4v) is 4.39. The molecule has 0 spiro atoms. The maximum absolute atomic E-state index is 13.2. The van der Waals surface area contributed by atoms with Crippen LogP contribution in [0.15, 0.2) is 58.5 Å². The molecule has 0 N–H and O–H groups in total. The van der Waals surface area contributed by atoms with Gasteiger partial charge in [0.15, 0.2) is 5.16 Å². The van der Waals surface area contributed by atoms with Crippen LogP contribution in [0.5, 0.6) is 0 Å². The molecule has 0 saturated heterocycles. The summed E-state index contributed by atoms with van der Waals surface area (Å²) >= 11 is 7.79. The summed E-state index contributed by atoms with van der Waals surface area (Å²) in [6.45, 7) is 5.07. The first-order valence-corrected chi connectivity index (χ1v) is 11.3. The van der Waals surface area contributed by atoms with Crippen LogP contribution in [0.1, 0.15) is 25.8 Å². The number of hydrogen-bond donors (Lipinski definition) is 0. The zero-order chi connectivity index (χ0) is 21.1. The summed E-state index contributed by atoms with van der Waals surface area (Å²) in [5.41, 5.74) is 1.84. The van der Waals surface area contributed by atoms with E-state index in [1.165, 1.54) is 5.56 Å². The summed E-state index contributed by atoms with van der Waals surface area (Å²) in [6, 6.07) is 15.6. The number of ether oxygens (including phenoxy) is 1. The van der Waals surface area contributed by atoms with E-state index < -0.39 is 0 Å². The highest BCUT2D eigenvalue weighted by molar-refractivity contribution is 7.98. The van der Waals surface area contributed by atoms with Gasteiger partial charge in [0, 0.05) is 23.9 Å². The summed E-state index contributed by atoms with van der Waals surface area (Å²) in [5.74, 6) is 1.30. The van der Waals surface area contributed by atoms with Crippen LogP contribution in [0.2, 0.25) is 5.02 Å². The Bertz CT molecular complexity index is 1220. The Hall–Kier alpha value is -2.35. The molecule has 156 valence electrons. The SMILES string of the molecule is CC(C)OCCCn1c(=O)c2cc(Cl)ccc2n2c(SCc3ccccc3)nnc12. The second-order valence-electron chi connectivity index (χ2n) is 7.28. The van der Waals surface area contributed by atoms with Gasteiger partial charge in [-0.15, -0.1) is 10.2 Å². The van der Waals surface area contributed by atoms with Gasteiger partial charge in [0.1, 0.15) is 0 Å². The van der Waals surface area contributed by atoms with E-state index in [4.69, 9.17) is 16.3 Å². The van der Waals surface area contributed by atoms with Crippen molar-refractivity contribution in [1.29, 1.82) is 0 Å². The van der Waals surface area contributed by atoms with Crippen molar-refractivity contribution in [3.63, 3.8) is 0 Å². The molecule has 0 amide bonds. The van der Waals surface area contributed by atoms with E-state index in [-0.39, 0.29) is 11.7 Å². The molecule has 0 unspecified atom stereocenters. The number of benzene rings is 2. The van der Waals surface area contributed by atoms with Gasteiger partial charge in [0.25, 0.3) is 5.56 Å². The Labute approximate surface area is 183 Å². The van der Waals surface area contributed by atoms with E-state index in [1.54, 1.807) is 28.5 Å². The normalized spacial score (nSPS) is 11.7. The Morgan fingerprint density at radius 3 is 2.70 bits per heavy atom. The lowest BCUT2D eigenvalue weighted by molar-refractivity contribution is 0.0748. The average molecular weight is 443 g/mol. The van der Waals surface area contributed by atoms with Crippen molar-refractivity contribution in [2.24, 2.45) is 0 Å². The van der Waals surface area contributed by atoms with Crippen molar-refractivity contribution in [3.05, 3.63) is 69.5 Å². The number of fused-ring (bicyclic) bond motifs is 3. The molecule has 30 heavy (non-hydrogen) atoms. The zero-order valence-corrected chi connectivity index (χ0v) is 18.5. The second-order valence-corrected chi connectivity index (χ2v) is 8.66. The highest BCUT2D eigenvalue weighted by Gasteiger charge is 2.17. The van der Waals surface area contributed by atoms with Crippen molar-refractivity contribution in [2.75, 3.05) is 6.61 Å². The molecular formula is C22H23ClN4O2S. The second kappa shape index (κ2) is 9.20. The zero-order valence-electron chi connectivity index (χ0n) is 16.9. The van der Waals surface area contributed by atoms with Gasteiger partial charge >= 0.3 is 0 Å². The van der Waals surface area contributed by atoms with Crippen LogP contribution in [0.25, 0.3) is 16.7 Å². The Morgan fingerprint density at radius 2 is 1.93 bits per heavy atom. The van der Waals surface area contributed by atoms with Gasteiger partial charge in [-0.1, -0.05) is 53.7 Å². The molecular weight excluding hydrogens is 420 g/mol. The quantitative estimate of drug-likeness (QED) is 0.289. The first-order chi connectivity index (χ1) is 14.5. The molecule has 0 radical (unpaired) electrons. The Balaban J connectivity index is 1.75. The molecule has 2 aromatic heterocycles. The molecule has 0 fully saturated rings. The molecule has 0 aliphatic heterocycles. The fraction of sp³-hybridized carbons (Fsp3) is 0.318. The van der Waals surface area contributed by atoms with Crippen LogP contribution in [-0.2, 0) is 17.0 Å². The van der Waals surface area contributed by atoms with Crippen LogP contribution >= 0.6 is 23.4 Å². The molecule has 0 saturated carbocycles. The van der Waals surface area contributed by atoms with Gasteiger partial charge in [-0.2, -0.15) is 0 Å². The molecule has 4 aromatic rings. The number of aromatic nitrogens is 4. The number of thioether (sulfide) groups is 1. The molecule has 6 nitrogen and oxygen atoms in total. The maximum atomic E-state index is 13.2. The predicted molar refractivity (Wildman–Crippen MR) is 121 cm³/mol. The van der Waals surface area contributed by atoms with Gasteiger partial charge in [0.2, 0.25) is 5.78 Å². The van der Waals surface area contributed by atoms with Crippen LogP contribution in [-0.4, -0.2) is 31.9 Å². The smallest absolute Gasteiger partial charge is 0.262 e. The van der Waals surface area contributed by atoms with E-state index in [9.17, 15) is 4.79 Å². The highest BCUT2D eigenvalue weighted by atomic mass is 35.5. The van der Waals surface area contributed by atoms with Gasteiger partial charge in [-0.05, 0) is 44.0 Å². The molecule has 0 aliphatic rings. The summed E-state index contributed by atoms with van der Waals surface area (Å²) < 4.78 is 9.25. The number of aryl methyl sites for hydroxylation is 1. The number of halogens is 1. The topological polar surface area (TPSA) is 61.4 Å². The van der Waals surface area contributed by atoms with Gasteiger partial charge < -0.3 is 4.74 Å². The molecule has 0 aliphatic carbocycles. The van der Waals surface area contributed by atoms with Crippen LogP contribution in [0.3, 0.4) is 0 Å². The van der Waals surface area contributed by atoms with E-state index in [2.05, 4.69) is 22.3 Å². The van der Waals surface area contributed by atoms with Crippen molar-refractivity contribution in [3.8, 4) is 0 Å². The van der Waals surface area contributed by atoms with Crippen molar-refractivity contribution in [2.45, 2.75) is 43.8 Å². The van der Waals surface area contributed by atoms with Gasteiger partial charge in [-0.25, -0.2) is 0 Å². The largest absolute Gasteiger partial charge is 0.379 e. The van der Waals surface area contributed by atoms with Crippen LogP contribution in [0, 0.1) is 0 Å². The first-order valence-electron chi connectivity index (χ1n) is 9.90. The molecule has 0 atom stereocenters. The summed E-state index contributed by atoms with van der Waals surface area (Å²) in [7, 11) is 0. The first kappa shape index (κ1) is 20.9. The lowest BCUT2D eigenvalue weighted by Gasteiger charge is -2.12. The minimum Gasteiger partial charge on any atom is -0.379 e. The van der Waals surface area contributed by atoms with Crippen LogP contribution in [0.4, 0.5) is 0 Å². The number of hydrogen-bond acceptors (Lipinski definition) is 5. The van der Waals surface area contributed by atoms with Crippen molar-refractivity contribution in [1.82, 2.24) is 19.2 Å². The minimum absolute atomic E-state index is 0.114.